The summed E-state index contributed by atoms with van der Waals surface area (Å²) >= 11 is 0. The van der Waals surface area contributed by atoms with Gasteiger partial charge in [-0.3, -0.25) is 14.9 Å². The minimum atomic E-state index is -0.433. The lowest BCUT2D eigenvalue weighted by atomic mass is 9.85. The number of ketones is 1. The Labute approximate surface area is 121 Å². The van der Waals surface area contributed by atoms with Crippen LogP contribution in [-0.4, -0.2) is 10.7 Å². The Morgan fingerprint density at radius 3 is 2.43 bits per heavy atom. The van der Waals surface area contributed by atoms with Crippen LogP contribution in [0.1, 0.15) is 23.1 Å². The molecule has 4 heteroatoms. The first-order valence-corrected chi connectivity index (χ1v) is 6.73. The van der Waals surface area contributed by atoms with Crippen molar-refractivity contribution in [2.24, 2.45) is 0 Å². The van der Waals surface area contributed by atoms with E-state index in [1.807, 2.05) is 30.3 Å². The number of rotatable bonds is 2. The van der Waals surface area contributed by atoms with Gasteiger partial charge in [-0.05, 0) is 41.3 Å². The van der Waals surface area contributed by atoms with Crippen molar-refractivity contribution in [2.75, 3.05) is 0 Å². The Morgan fingerprint density at radius 2 is 1.71 bits per heavy atom. The number of Topliss-reactive ketones (excluding diaryl/α,β-unsaturated/α-hetero) is 1. The second kappa shape index (κ2) is 5.32. The van der Waals surface area contributed by atoms with Crippen molar-refractivity contribution in [1.29, 1.82) is 0 Å². The number of nitro groups is 1. The molecule has 0 aromatic heterocycles. The van der Waals surface area contributed by atoms with Crippen molar-refractivity contribution in [3.8, 4) is 0 Å². The predicted molar refractivity (Wildman–Crippen MR) is 80.7 cm³/mol. The number of benzene rings is 2. The maximum atomic E-state index is 12.2. The second-order valence-corrected chi connectivity index (χ2v) is 4.99. The minimum absolute atomic E-state index is 0.0486. The van der Waals surface area contributed by atoms with Crippen molar-refractivity contribution < 1.29 is 9.72 Å². The second-order valence-electron chi connectivity index (χ2n) is 4.99. The number of hydrogen-bond donors (Lipinski definition) is 0. The van der Waals surface area contributed by atoms with E-state index in [0.29, 0.717) is 12.0 Å². The Bertz CT molecular complexity index is 745. The van der Waals surface area contributed by atoms with Gasteiger partial charge < -0.3 is 0 Å². The number of nitro benzene ring substituents is 1. The summed E-state index contributed by atoms with van der Waals surface area (Å²) in [5.74, 6) is 0.118. The highest BCUT2D eigenvalue weighted by molar-refractivity contribution is 6.26. The number of carbonyl (C=O) groups excluding carboxylic acids is 1. The molecule has 21 heavy (non-hydrogen) atoms. The van der Waals surface area contributed by atoms with Crippen LogP contribution in [0.25, 0.3) is 11.6 Å². The fourth-order valence-corrected chi connectivity index (χ4v) is 2.55. The summed E-state index contributed by atoms with van der Waals surface area (Å²) in [6.07, 6.45) is 3.09. The first-order chi connectivity index (χ1) is 10.1. The van der Waals surface area contributed by atoms with E-state index in [0.717, 1.165) is 17.5 Å². The quantitative estimate of drug-likeness (QED) is 0.479. The van der Waals surface area contributed by atoms with Crippen LogP contribution in [0.4, 0.5) is 5.69 Å². The summed E-state index contributed by atoms with van der Waals surface area (Å²) in [7, 11) is 0. The molecule has 0 fully saturated rings. The van der Waals surface area contributed by atoms with Gasteiger partial charge in [0.25, 0.3) is 5.69 Å². The molecule has 104 valence electrons. The van der Waals surface area contributed by atoms with Crippen molar-refractivity contribution in [2.45, 2.75) is 12.8 Å². The van der Waals surface area contributed by atoms with Crippen molar-refractivity contribution in [1.82, 2.24) is 0 Å². The van der Waals surface area contributed by atoms with Gasteiger partial charge in [0.15, 0.2) is 5.78 Å². The lowest BCUT2D eigenvalue weighted by Crippen LogP contribution is -2.12. The zero-order valence-corrected chi connectivity index (χ0v) is 11.3. The smallest absolute Gasteiger partial charge is 0.269 e. The molecule has 1 aliphatic carbocycles. The number of fused-ring (bicyclic) bond motifs is 1. The number of nitrogens with zero attached hydrogens (tertiary/aromatic N) is 1. The van der Waals surface area contributed by atoms with E-state index >= 15 is 0 Å². The molecular formula is C17H13NO3. The molecule has 4 nitrogen and oxygen atoms in total. The van der Waals surface area contributed by atoms with Crippen molar-refractivity contribution in [3.05, 3.63) is 75.3 Å². The van der Waals surface area contributed by atoms with E-state index in [1.54, 1.807) is 12.1 Å². The topological polar surface area (TPSA) is 60.2 Å². The molecule has 0 heterocycles. The summed E-state index contributed by atoms with van der Waals surface area (Å²) in [5.41, 5.74) is 3.66. The molecule has 0 N–H and O–H groups in total. The molecule has 0 radical (unpaired) electrons. The van der Waals surface area contributed by atoms with E-state index in [1.165, 1.54) is 17.7 Å². The minimum Gasteiger partial charge on any atom is -0.294 e. The summed E-state index contributed by atoms with van der Waals surface area (Å²) in [5, 5.41) is 10.7. The van der Waals surface area contributed by atoms with Gasteiger partial charge in [0, 0.05) is 24.1 Å². The van der Waals surface area contributed by atoms with Crippen LogP contribution < -0.4 is 0 Å². The first-order valence-electron chi connectivity index (χ1n) is 6.73. The standard InChI is InChI=1S/C17H13NO3/c19-17-10-7-13-3-1-2-4-15(13)16(17)11-12-5-8-14(9-6-12)18(20)21/h1-6,8-9,11H,7,10H2/b16-11-. The molecule has 0 aliphatic heterocycles. The Kier molecular flexibility index (Phi) is 3.36. The third-order valence-corrected chi connectivity index (χ3v) is 3.64. The average molecular weight is 279 g/mol. The molecule has 0 saturated heterocycles. The number of non-ortho nitro benzene ring substituents is 1. The molecule has 0 atom stereocenters. The zero-order valence-electron chi connectivity index (χ0n) is 11.3. The van der Waals surface area contributed by atoms with Crippen molar-refractivity contribution in [3.63, 3.8) is 0 Å². The SMILES string of the molecule is O=C1CCc2ccccc2/C1=C/c1ccc([N+](=O)[O-])cc1. The lowest BCUT2D eigenvalue weighted by Gasteiger charge is -2.17. The van der Waals surface area contributed by atoms with Crippen LogP contribution >= 0.6 is 0 Å². The van der Waals surface area contributed by atoms with Crippen LogP contribution in [0.15, 0.2) is 48.5 Å². The van der Waals surface area contributed by atoms with Gasteiger partial charge in [0.2, 0.25) is 0 Å². The highest BCUT2D eigenvalue weighted by Crippen LogP contribution is 2.30. The maximum Gasteiger partial charge on any atom is 0.269 e. The number of carbonyl (C=O) groups is 1. The molecule has 2 aromatic rings. The summed E-state index contributed by atoms with van der Waals surface area (Å²) in [4.78, 5) is 22.4. The summed E-state index contributed by atoms with van der Waals surface area (Å²) < 4.78 is 0. The third kappa shape index (κ3) is 2.60. The number of allylic oxidation sites excluding steroid dienone is 1. The average Bonchev–Trinajstić information content (AvgIpc) is 2.51. The molecule has 1 aliphatic rings. The summed E-state index contributed by atoms with van der Waals surface area (Å²) in [6, 6.07) is 14.1. The van der Waals surface area contributed by atoms with Crippen LogP contribution in [0.5, 0.6) is 0 Å². The van der Waals surface area contributed by atoms with Gasteiger partial charge in [-0.1, -0.05) is 24.3 Å². The van der Waals surface area contributed by atoms with E-state index in [-0.39, 0.29) is 11.5 Å². The third-order valence-electron chi connectivity index (χ3n) is 3.64. The monoisotopic (exact) mass is 279 g/mol. The molecule has 0 saturated carbocycles. The van der Waals surface area contributed by atoms with Gasteiger partial charge in [-0.2, -0.15) is 0 Å². The Balaban J connectivity index is 2.02. The number of hydrogen-bond acceptors (Lipinski definition) is 3. The Hall–Kier alpha value is -2.75. The lowest BCUT2D eigenvalue weighted by molar-refractivity contribution is -0.384. The van der Waals surface area contributed by atoms with Crippen molar-refractivity contribution >= 4 is 23.1 Å². The maximum absolute atomic E-state index is 12.2. The van der Waals surface area contributed by atoms with E-state index in [9.17, 15) is 14.9 Å². The van der Waals surface area contributed by atoms with Gasteiger partial charge in [-0.25, -0.2) is 0 Å². The highest BCUT2D eigenvalue weighted by Gasteiger charge is 2.20. The molecular weight excluding hydrogens is 266 g/mol. The molecule has 0 spiro atoms. The van der Waals surface area contributed by atoms with Gasteiger partial charge in [0.05, 0.1) is 4.92 Å². The van der Waals surface area contributed by atoms with Crippen LogP contribution in [0.3, 0.4) is 0 Å². The zero-order chi connectivity index (χ0) is 14.8. The highest BCUT2D eigenvalue weighted by atomic mass is 16.6. The fraction of sp³-hybridized carbons (Fsp3) is 0.118. The van der Waals surface area contributed by atoms with Crippen LogP contribution in [0.2, 0.25) is 0 Å². The molecule has 0 amide bonds. The van der Waals surface area contributed by atoms with Gasteiger partial charge >= 0.3 is 0 Å². The number of aryl methyl sites for hydroxylation is 1. The van der Waals surface area contributed by atoms with E-state index < -0.39 is 4.92 Å². The summed E-state index contributed by atoms with van der Waals surface area (Å²) in [6.45, 7) is 0. The first kappa shape index (κ1) is 13.2. The fourth-order valence-electron chi connectivity index (χ4n) is 2.55. The van der Waals surface area contributed by atoms with Crippen LogP contribution in [-0.2, 0) is 11.2 Å². The molecule has 3 rings (SSSR count). The largest absolute Gasteiger partial charge is 0.294 e. The predicted octanol–water partition coefficient (Wildman–Crippen LogP) is 3.65. The Morgan fingerprint density at radius 1 is 1.00 bits per heavy atom. The van der Waals surface area contributed by atoms with Gasteiger partial charge in [0.1, 0.15) is 0 Å². The van der Waals surface area contributed by atoms with Gasteiger partial charge in [-0.15, -0.1) is 0 Å². The normalized spacial score (nSPS) is 15.8. The molecule has 0 bridgehead atoms. The van der Waals surface area contributed by atoms with E-state index in [4.69, 9.17) is 0 Å². The molecule has 2 aromatic carbocycles. The van der Waals surface area contributed by atoms with Crippen LogP contribution in [0, 0.1) is 10.1 Å². The van der Waals surface area contributed by atoms with E-state index in [2.05, 4.69) is 0 Å². The molecule has 0 unspecified atom stereocenters.